The van der Waals surface area contributed by atoms with E-state index in [1.807, 2.05) is 10.8 Å². The summed E-state index contributed by atoms with van der Waals surface area (Å²) in [6, 6.07) is 1.79. The fourth-order valence-corrected chi connectivity index (χ4v) is 4.61. The van der Waals surface area contributed by atoms with Gasteiger partial charge < -0.3 is 4.90 Å². The molecular weight excluding hydrogens is 332 g/mol. The highest BCUT2D eigenvalue weighted by Crippen LogP contribution is 2.14. The molecule has 1 aromatic rings. The molecule has 8 heteroatoms. The Kier molecular flexibility index (Phi) is 6.04. The first kappa shape index (κ1) is 16.7. The van der Waals surface area contributed by atoms with Crippen LogP contribution < -0.4 is 0 Å². The van der Waals surface area contributed by atoms with E-state index in [1.54, 1.807) is 11.0 Å². The summed E-state index contributed by atoms with van der Waals surface area (Å²) in [4.78, 5) is 13.9. The number of nitrogens with zero attached hydrogens (tertiary/aromatic N) is 2. The van der Waals surface area contributed by atoms with E-state index in [0.717, 1.165) is 0 Å². The molecular formula is C13H19ClN2O3S2. The molecule has 1 aliphatic rings. The molecule has 5 nitrogen and oxygen atoms in total. The molecule has 0 aliphatic carbocycles. The van der Waals surface area contributed by atoms with Crippen molar-refractivity contribution < 1.29 is 13.2 Å². The van der Waals surface area contributed by atoms with Gasteiger partial charge in [0.2, 0.25) is 10.0 Å². The van der Waals surface area contributed by atoms with Crippen LogP contribution in [0.1, 0.15) is 23.2 Å². The molecule has 1 aliphatic heterocycles. The number of sulfonamides is 1. The van der Waals surface area contributed by atoms with Gasteiger partial charge in [-0.1, -0.05) is 0 Å². The molecule has 2 heterocycles. The second kappa shape index (κ2) is 7.58. The molecule has 0 N–H and O–H groups in total. The summed E-state index contributed by atoms with van der Waals surface area (Å²) in [6.07, 6.45) is 1.29. The first-order valence-corrected chi connectivity index (χ1v) is 9.98. The van der Waals surface area contributed by atoms with E-state index >= 15 is 0 Å². The lowest BCUT2D eigenvalue weighted by Gasteiger charge is -2.33. The van der Waals surface area contributed by atoms with Crippen LogP contribution in [0.15, 0.2) is 16.8 Å². The Morgan fingerprint density at radius 1 is 1.24 bits per heavy atom. The summed E-state index contributed by atoms with van der Waals surface area (Å²) in [6.45, 7) is 1.64. The summed E-state index contributed by atoms with van der Waals surface area (Å²) in [7, 11) is -3.22. The normalized spacial score (nSPS) is 17.1. The van der Waals surface area contributed by atoms with Gasteiger partial charge in [0.25, 0.3) is 5.91 Å². The molecule has 21 heavy (non-hydrogen) atoms. The molecule has 2 rings (SSSR count). The number of thiophene rings is 1. The number of hydrogen-bond acceptors (Lipinski definition) is 4. The van der Waals surface area contributed by atoms with Crippen molar-refractivity contribution in [2.75, 3.05) is 37.8 Å². The van der Waals surface area contributed by atoms with Gasteiger partial charge >= 0.3 is 0 Å². The molecule has 0 saturated carbocycles. The largest absolute Gasteiger partial charge is 0.336 e. The van der Waals surface area contributed by atoms with Crippen LogP contribution in [0.5, 0.6) is 0 Å². The third-order valence-corrected chi connectivity index (χ3v) is 6.38. The molecule has 0 aromatic carbocycles. The zero-order valence-electron chi connectivity index (χ0n) is 11.7. The SMILES string of the molecule is O=C(c1ccsc1)N1CCN(S(=O)(=O)CCCCCl)CC1. The predicted octanol–water partition coefficient (Wildman–Crippen LogP) is 1.85. The number of halogens is 1. The van der Waals surface area contributed by atoms with Crippen molar-refractivity contribution in [1.29, 1.82) is 0 Å². The fraction of sp³-hybridized carbons (Fsp3) is 0.615. The Balaban J connectivity index is 1.87. The average molecular weight is 351 g/mol. The zero-order chi connectivity index (χ0) is 15.3. The Morgan fingerprint density at radius 2 is 1.95 bits per heavy atom. The smallest absolute Gasteiger partial charge is 0.254 e. The van der Waals surface area contributed by atoms with Gasteiger partial charge in [0.1, 0.15) is 0 Å². The highest BCUT2D eigenvalue weighted by molar-refractivity contribution is 7.89. The molecule has 0 bridgehead atoms. The minimum Gasteiger partial charge on any atom is -0.336 e. The number of hydrogen-bond donors (Lipinski definition) is 0. The number of alkyl halides is 1. The van der Waals surface area contributed by atoms with Gasteiger partial charge in [0.15, 0.2) is 0 Å². The third kappa shape index (κ3) is 4.42. The van der Waals surface area contributed by atoms with Gasteiger partial charge in [-0.3, -0.25) is 4.79 Å². The monoisotopic (exact) mass is 350 g/mol. The summed E-state index contributed by atoms with van der Waals surface area (Å²) in [5.41, 5.74) is 0.679. The van der Waals surface area contributed by atoms with Crippen molar-refractivity contribution in [3.8, 4) is 0 Å². The Bertz CT molecular complexity index is 552. The second-order valence-corrected chi connectivity index (χ2v) is 8.16. The maximum absolute atomic E-state index is 12.2. The first-order chi connectivity index (χ1) is 10.0. The number of unbranched alkanes of at least 4 members (excludes halogenated alkanes) is 1. The van der Waals surface area contributed by atoms with E-state index in [0.29, 0.717) is 50.5 Å². The van der Waals surface area contributed by atoms with Gasteiger partial charge in [0, 0.05) is 37.4 Å². The Hall–Kier alpha value is -0.630. The number of piperazine rings is 1. The van der Waals surface area contributed by atoms with E-state index in [1.165, 1.54) is 15.6 Å². The van der Waals surface area contributed by atoms with Crippen LogP contribution in [0.4, 0.5) is 0 Å². The van der Waals surface area contributed by atoms with Crippen LogP contribution in [0.25, 0.3) is 0 Å². The van der Waals surface area contributed by atoms with Gasteiger partial charge in [-0.2, -0.15) is 15.6 Å². The van der Waals surface area contributed by atoms with Crippen molar-refractivity contribution >= 4 is 38.9 Å². The van der Waals surface area contributed by atoms with Crippen LogP contribution in [-0.2, 0) is 10.0 Å². The van der Waals surface area contributed by atoms with Crippen LogP contribution in [0.2, 0.25) is 0 Å². The second-order valence-electron chi connectivity index (χ2n) is 4.92. The first-order valence-electron chi connectivity index (χ1n) is 6.90. The number of rotatable bonds is 6. The molecule has 118 valence electrons. The van der Waals surface area contributed by atoms with Crippen molar-refractivity contribution in [3.63, 3.8) is 0 Å². The number of carbonyl (C=O) groups is 1. The Morgan fingerprint density at radius 3 is 2.52 bits per heavy atom. The maximum atomic E-state index is 12.2. The molecule has 1 amide bonds. The lowest BCUT2D eigenvalue weighted by Crippen LogP contribution is -2.51. The minimum absolute atomic E-state index is 0.0181. The van der Waals surface area contributed by atoms with E-state index in [4.69, 9.17) is 11.6 Å². The molecule has 0 radical (unpaired) electrons. The van der Waals surface area contributed by atoms with E-state index in [9.17, 15) is 13.2 Å². The van der Waals surface area contributed by atoms with Crippen LogP contribution in [0.3, 0.4) is 0 Å². The minimum atomic E-state index is -3.22. The van der Waals surface area contributed by atoms with Gasteiger partial charge in [-0.25, -0.2) is 8.42 Å². The van der Waals surface area contributed by atoms with Crippen molar-refractivity contribution in [2.24, 2.45) is 0 Å². The van der Waals surface area contributed by atoms with Gasteiger partial charge in [0.05, 0.1) is 11.3 Å². The highest BCUT2D eigenvalue weighted by Gasteiger charge is 2.28. The van der Waals surface area contributed by atoms with Crippen molar-refractivity contribution in [3.05, 3.63) is 22.4 Å². The van der Waals surface area contributed by atoms with Crippen molar-refractivity contribution in [2.45, 2.75) is 12.8 Å². The van der Waals surface area contributed by atoms with Gasteiger partial charge in [-0.05, 0) is 24.3 Å². The summed E-state index contributed by atoms with van der Waals surface area (Å²) in [5.74, 6) is 0.604. The number of amides is 1. The standard InChI is InChI=1S/C13H19ClN2O3S2/c14-4-1-2-10-21(18,19)16-7-5-15(6-8-16)13(17)12-3-9-20-11-12/h3,9,11H,1-2,4-8,10H2. The number of carbonyl (C=O) groups excluding carboxylic acids is 1. The molecule has 0 unspecified atom stereocenters. The van der Waals surface area contributed by atoms with E-state index in [2.05, 4.69) is 0 Å². The van der Waals surface area contributed by atoms with Crippen LogP contribution in [0, 0.1) is 0 Å². The highest BCUT2D eigenvalue weighted by atomic mass is 35.5. The Labute approximate surface area is 134 Å². The quantitative estimate of drug-likeness (QED) is 0.581. The fourth-order valence-electron chi connectivity index (χ4n) is 2.25. The average Bonchev–Trinajstić information content (AvgIpc) is 3.01. The van der Waals surface area contributed by atoms with Crippen molar-refractivity contribution in [1.82, 2.24) is 9.21 Å². The zero-order valence-corrected chi connectivity index (χ0v) is 14.1. The predicted molar refractivity (Wildman–Crippen MR) is 85.5 cm³/mol. The molecule has 0 spiro atoms. The van der Waals surface area contributed by atoms with Crippen LogP contribution in [-0.4, -0.2) is 61.3 Å². The molecule has 1 saturated heterocycles. The lowest BCUT2D eigenvalue weighted by molar-refractivity contribution is 0.0698. The molecule has 1 aromatic heterocycles. The summed E-state index contributed by atoms with van der Waals surface area (Å²) >= 11 is 7.05. The van der Waals surface area contributed by atoms with Gasteiger partial charge in [-0.15, -0.1) is 11.6 Å². The molecule has 0 atom stereocenters. The van der Waals surface area contributed by atoms with E-state index in [-0.39, 0.29) is 11.7 Å². The summed E-state index contributed by atoms with van der Waals surface area (Å²) in [5, 5.41) is 3.68. The topological polar surface area (TPSA) is 57.7 Å². The third-order valence-electron chi connectivity index (χ3n) is 3.47. The van der Waals surface area contributed by atoms with E-state index < -0.39 is 10.0 Å². The maximum Gasteiger partial charge on any atom is 0.254 e. The summed E-state index contributed by atoms with van der Waals surface area (Å²) < 4.78 is 25.8. The molecule has 1 fully saturated rings. The van der Waals surface area contributed by atoms with Crippen LogP contribution >= 0.6 is 22.9 Å². The lowest BCUT2D eigenvalue weighted by atomic mass is 10.2.